The van der Waals surface area contributed by atoms with Gasteiger partial charge in [-0.05, 0) is 47.8 Å². The van der Waals surface area contributed by atoms with E-state index in [1.807, 2.05) is 6.07 Å². The zero-order chi connectivity index (χ0) is 13.5. The number of methoxy groups -OCH3 is 1. The van der Waals surface area contributed by atoms with Crippen LogP contribution < -0.4 is 10.1 Å². The van der Waals surface area contributed by atoms with Gasteiger partial charge in [0.2, 0.25) is 5.88 Å². The van der Waals surface area contributed by atoms with E-state index in [0.29, 0.717) is 0 Å². The first-order chi connectivity index (χ1) is 9.35. The molecule has 102 valence electrons. The number of pyridine rings is 1. The van der Waals surface area contributed by atoms with Crippen molar-refractivity contribution in [2.75, 3.05) is 13.7 Å². The van der Waals surface area contributed by atoms with Crippen LogP contribution in [0.15, 0.2) is 35.2 Å². The van der Waals surface area contributed by atoms with Crippen LogP contribution in [0.4, 0.5) is 0 Å². The van der Waals surface area contributed by atoms with Gasteiger partial charge in [-0.15, -0.1) is 0 Å². The maximum atomic E-state index is 5.36. The van der Waals surface area contributed by atoms with Gasteiger partial charge in [0.25, 0.3) is 0 Å². The van der Waals surface area contributed by atoms with E-state index >= 15 is 0 Å². The Bertz CT molecular complexity index is 485. The highest BCUT2D eigenvalue weighted by atomic mass is 32.1. The van der Waals surface area contributed by atoms with E-state index in [2.05, 4.69) is 40.1 Å². The maximum absolute atomic E-state index is 5.36. The fraction of sp³-hybridized carbons (Fsp3) is 0.400. The molecule has 1 N–H and O–H groups in total. The Morgan fingerprint density at radius 1 is 1.42 bits per heavy atom. The minimum absolute atomic E-state index is 0.286. The molecule has 4 heteroatoms. The maximum Gasteiger partial charge on any atom is 0.217 e. The molecule has 3 nitrogen and oxygen atoms in total. The third-order valence-electron chi connectivity index (χ3n) is 3.12. The molecule has 0 amide bonds. The SMILES string of the molecule is CCNC(CCc1ccsc1)c1cccnc1OC. The first kappa shape index (κ1) is 14.0. The van der Waals surface area contributed by atoms with Crippen LogP contribution in [0.2, 0.25) is 0 Å². The summed E-state index contributed by atoms with van der Waals surface area (Å²) in [6.45, 7) is 3.06. The largest absolute Gasteiger partial charge is 0.481 e. The van der Waals surface area contributed by atoms with Gasteiger partial charge in [-0.2, -0.15) is 11.3 Å². The van der Waals surface area contributed by atoms with Crippen molar-refractivity contribution >= 4 is 11.3 Å². The van der Waals surface area contributed by atoms with Crippen LogP contribution in [0.3, 0.4) is 0 Å². The normalized spacial score (nSPS) is 12.3. The fourth-order valence-corrected chi connectivity index (χ4v) is 2.90. The molecule has 2 rings (SSSR count). The highest BCUT2D eigenvalue weighted by Gasteiger charge is 2.15. The van der Waals surface area contributed by atoms with Gasteiger partial charge in [0.15, 0.2) is 0 Å². The summed E-state index contributed by atoms with van der Waals surface area (Å²) in [6.07, 6.45) is 3.88. The summed E-state index contributed by atoms with van der Waals surface area (Å²) in [7, 11) is 1.67. The fourth-order valence-electron chi connectivity index (χ4n) is 2.20. The van der Waals surface area contributed by atoms with Gasteiger partial charge in [-0.1, -0.05) is 13.0 Å². The summed E-state index contributed by atoms with van der Waals surface area (Å²) < 4.78 is 5.36. The van der Waals surface area contributed by atoms with Crippen LogP contribution in [0.25, 0.3) is 0 Å². The molecule has 0 radical (unpaired) electrons. The number of ether oxygens (including phenoxy) is 1. The van der Waals surface area contributed by atoms with E-state index in [4.69, 9.17) is 4.74 Å². The summed E-state index contributed by atoms with van der Waals surface area (Å²) in [5.74, 6) is 0.721. The van der Waals surface area contributed by atoms with Crippen molar-refractivity contribution in [2.24, 2.45) is 0 Å². The second kappa shape index (κ2) is 7.26. The number of hydrogen-bond donors (Lipinski definition) is 1. The number of nitrogens with zero attached hydrogens (tertiary/aromatic N) is 1. The number of hydrogen-bond acceptors (Lipinski definition) is 4. The Balaban J connectivity index is 2.10. The van der Waals surface area contributed by atoms with Gasteiger partial charge in [-0.25, -0.2) is 4.98 Å². The lowest BCUT2D eigenvalue weighted by Gasteiger charge is -2.19. The van der Waals surface area contributed by atoms with Crippen LogP contribution in [0.5, 0.6) is 5.88 Å². The van der Waals surface area contributed by atoms with Gasteiger partial charge in [0, 0.05) is 17.8 Å². The highest BCUT2D eigenvalue weighted by molar-refractivity contribution is 7.07. The Morgan fingerprint density at radius 2 is 2.32 bits per heavy atom. The molecule has 2 aromatic rings. The molecule has 2 heterocycles. The molecule has 19 heavy (non-hydrogen) atoms. The molecule has 0 saturated carbocycles. The third kappa shape index (κ3) is 3.78. The zero-order valence-corrected chi connectivity index (χ0v) is 12.2. The molecule has 0 aliphatic rings. The summed E-state index contributed by atoms with van der Waals surface area (Å²) >= 11 is 1.75. The van der Waals surface area contributed by atoms with Crippen LogP contribution in [0.1, 0.15) is 30.5 Å². The van der Waals surface area contributed by atoms with Gasteiger partial charge in [0.1, 0.15) is 0 Å². The molecule has 0 saturated heterocycles. The van der Waals surface area contributed by atoms with E-state index in [0.717, 1.165) is 30.8 Å². The Hall–Kier alpha value is -1.39. The molecule has 0 bridgehead atoms. The standard InChI is InChI=1S/C15H20N2OS/c1-3-16-14(7-6-12-8-10-19-11-12)13-5-4-9-17-15(13)18-2/h4-5,8-11,14,16H,3,6-7H2,1-2H3. The molecule has 1 atom stereocenters. The molecule has 2 aromatic heterocycles. The van der Waals surface area contributed by atoms with Crippen LogP contribution >= 0.6 is 11.3 Å². The van der Waals surface area contributed by atoms with Crippen molar-refractivity contribution in [2.45, 2.75) is 25.8 Å². The molecule has 0 fully saturated rings. The van der Waals surface area contributed by atoms with Crippen LogP contribution in [0, 0.1) is 0 Å². The second-order valence-electron chi connectivity index (χ2n) is 4.38. The number of nitrogens with one attached hydrogen (secondary N) is 1. The Labute approximate surface area is 118 Å². The van der Waals surface area contributed by atoms with E-state index in [1.165, 1.54) is 5.56 Å². The average Bonchev–Trinajstić information content (AvgIpc) is 2.96. The first-order valence-electron chi connectivity index (χ1n) is 6.58. The monoisotopic (exact) mass is 276 g/mol. The summed E-state index contributed by atoms with van der Waals surface area (Å²) in [6, 6.07) is 6.53. The number of thiophene rings is 1. The first-order valence-corrected chi connectivity index (χ1v) is 7.52. The lowest BCUT2D eigenvalue weighted by atomic mass is 10.0. The average molecular weight is 276 g/mol. The van der Waals surface area contributed by atoms with Crippen molar-refractivity contribution in [1.29, 1.82) is 0 Å². The molecule has 0 aromatic carbocycles. The minimum Gasteiger partial charge on any atom is -0.481 e. The molecule has 0 spiro atoms. The number of aryl methyl sites for hydroxylation is 1. The molecule has 0 aliphatic carbocycles. The van der Waals surface area contributed by atoms with E-state index < -0.39 is 0 Å². The third-order valence-corrected chi connectivity index (χ3v) is 3.85. The smallest absolute Gasteiger partial charge is 0.217 e. The van der Waals surface area contributed by atoms with Crippen molar-refractivity contribution in [1.82, 2.24) is 10.3 Å². The lowest BCUT2D eigenvalue weighted by molar-refractivity contribution is 0.380. The predicted octanol–water partition coefficient (Wildman–Crippen LogP) is 3.44. The predicted molar refractivity (Wildman–Crippen MR) is 79.8 cm³/mol. The highest BCUT2D eigenvalue weighted by Crippen LogP contribution is 2.26. The molecule has 0 aliphatic heterocycles. The minimum atomic E-state index is 0.286. The Morgan fingerprint density at radius 3 is 3.00 bits per heavy atom. The van der Waals surface area contributed by atoms with Crippen molar-refractivity contribution < 1.29 is 4.74 Å². The summed E-state index contributed by atoms with van der Waals surface area (Å²) in [5, 5.41) is 7.86. The quantitative estimate of drug-likeness (QED) is 0.841. The molecular weight excluding hydrogens is 256 g/mol. The van der Waals surface area contributed by atoms with Crippen LogP contribution in [-0.4, -0.2) is 18.6 Å². The van der Waals surface area contributed by atoms with Gasteiger partial charge >= 0.3 is 0 Å². The van der Waals surface area contributed by atoms with Gasteiger partial charge < -0.3 is 10.1 Å². The zero-order valence-electron chi connectivity index (χ0n) is 11.4. The van der Waals surface area contributed by atoms with E-state index in [1.54, 1.807) is 24.6 Å². The summed E-state index contributed by atoms with van der Waals surface area (Å²) in [5.41, 5.74) is 2.54. The molecule has 1 unspecified atom stereocenters. The topological polar surface area (TPSA) is 34.2 Å². The lowest BCUT2D eigenvalue weighted by Crippen LogP contribution is -2.22. The van der Waals surface area contributed by atoms with Crippen molar-refractivity contribution in [3.8, 4) is 5.88 Å². The number of rotatable bonds is 7. The van der Waals surface area contributed by atoms with Gasteiger partial charge in [0.05, 0.1) is 7.11 Å². The van der Waals surface area contributed by atoms with Crippen molar-refractivity contribution in [3.05, 3.63) is 46.3 Å². The van der Waals surface area contributed by atoms with Crippen LogP contribution in [-0.2, 0) is 6.42 Å². The summed E-state index contributed by atoms with van der Waals surface area (Å²) in [4.78, 5) is 4.29. The van der Waals surface area contributed by atoms with Gasteiger partial charge in [-0.3, -0.25) is 0 Å². The Kier molecular flexibility index (Phi) is 5.36. The second-order valence-corrected chi connectivity index (χ2v) is 5.16. The molecular formula is C15H20N2OS. The number of aromatic nitrogens is 1. The van der Waals surface area contributed by atoms with E-state index in [-0.39, 0.29) is 6.04 Å². The van der Waals surface area contributed by atoms with Crippen molar-refractivity contribution in [3.63, 3.8) is 0 Å². The van der Waals surface area contributed by atoms with E-state index in [9.17, 15) is 0 Å².